The van der Waals surface area contributed by atoms with Gasteiger partial charge in [0, 0.05) is 11.1 Å². The average Bonchev–Trinajstić information content (AvgIpc) is 2.26. The zero-order valence-electron chi connectivity index (χ0n) is 10.2. The van der Waals surface area contributed by atoms with Gasteiger partial charge in [-0.1, -0.05) is 45.0 Å². The molecule has 1 rings (SSSR count). The third-order valence-corrected chi connectivity index (χ3v) is 2.57. The van der Waals surface area contributed by atoms with Crippen molar-refractivity contribution in [3.8, 4) is 0 Å². The molecule has 0 saturated heterocycles. The van der Waals surface area contributed by atoms with Crippen molar-refractivity contribution in [1.29, 1.82) is 0 Å². The van der Waals surface area contributed by atoms with E-state index in [0.717, 1.165) is 0 Å². The lowest BCUT2D eigenvalue weighted by molar-refractivity contribution is -0.104. The second-order valence-electron chi connectivity index (χ2n) is 4.98. The van der Waals surface area contributed by atoms with Gasteiger partial charge in [-0.05, 0) is 17.9 Å². The third-order valence-electron chi connectivity index (χ3n) is 2.57. The van der Waals surface area contributed by atoms with Gasteiger partial charge in [0.1, 0.15) is 12.0 Å². The van der Waals surface area contributed by atoms with Gasteiger partial charge in [-0.15, -0.1) is 0 Å². The van der Waals surface area contributed by atoms with Crippen molar-refractivity contribution in [2.24, 2.45) is 0 Å². The Balaban J connectivity index is 3.10. The van der Waals surface area contributed by atoms with E-state index in [-0.39, 0.29) is 11.2 Å². The van der Waals surface area contributed by atoms with Crippen molar-refractivity contribution >= 4 is 12.0 Å². The lowest BCUT2D eigenvalue weighted by Gasteiger charge is -2.19. The molecular formula is C14H18O2. The largest absolute Gasteiger partial charge is 0.507 e. The fourth-order valence-corrected chi connectivity index (χ4v) is 1.41. The molecule has 0 fully saturated rings. The minimum absolute atomic E-state index is 0.0514. The number of allylic oxidation sites excluding steroid dienone is 1. The predicted octanol–water partition coefficient (Wildman–Crippen LogP) is 3.47. The maximum atomic E-state index is 10.5. The fourth-order valence-electron chi connectivity index (χ4n) is 1.41. The highest BCUT2D eigenvalue weighted by atomic mass is 16.3. The van der Waals surface area contributed by atoms with E-state index in [2.05, 4.69) is 20.8 Å². The molecule has 0 aliphatic rings. The lowest BCUT2D eigenvalue weighted by Crippen LogP contribution is -2.10. The van der Waals surface area contributed by atoms with Crippen LogP contribution in [0.4, 0.5) is 0 Å². The first-order chi connectivity index (χ1) is 7.36. The maximum absolute atomic E-state index is 10.5. The molecule has 0 aliphatic carbocycles. The van der Waals surface area contributed by atoms with Gasteiger partial charge in [-0.3, -0.25) is 4.79 Å². The van der Waals surface area contributed by atoms with Crippen molar-refractivity contribution in [2.75, 3.05) is 0 Å². The summed E-state index contributed by atoms with van der Waals surface area (Å²) in [5.41, 5.74) is 2.33. The summed E-state index contributed by atoms with van der Waals surface area (Å²) in [7, 11) is 0. The molecule has 1 aromatic carbocycles. The van der Waals surface area contributed by atoms with Crippen LogP contribution in [0, 0.1) is 0 Å². The van der Waals surface area contributed by atoms with E-state index in [0.29, 0.717) is 17.4 Å². The molecule has 0 atom stereocenters. The summed E-state index contributed by atoms with van der Waals surface area (Å²) in [5.74, 6) is 0.0514. The van der Waals surface area contributed by atoms with Gasteiger partial charge in [-0.2, -0.15) is 0 Å². The van der Waals surface area contributed by atoms with Crippen LogP contribution >= 0.6 is 0 Å². The van der Waals surface area contributed by atoms with Crippen molar-refractivity contribution < 1.29 is 9.90 Å². The molecule has 0 unspecified atom stereocenters. The normalized spacial score (nSPS) is 13.2. The second-order valence-corrected chi connectivity index (χ2v) is 4.98. The molecule has 0 spiro atoms. The Morgan fingerprint density at radius 2 is 1.69 bits per heavy atom. The quantitative estimate of drug-likeness (QED) is 0.469. The highest BCUT2D eigenvalue weighted by molar-refractivity contribution is 5.84. The number of aliphatic hydroxyl groups is 1. The summed E-state index contributed by atoms with van der Waals surface area (Å²) >= 11 is 0. The molecule has 0 heterocycles. The van der Waals surface area contributed by atoms with Gasteiger partial charge < -0.3 is 5.11 Å². The van der Waals surface area contributed by atoms with Gasteiger partial charge in [0.2, 0.25) is 0 Å². The third kappa shape index (κ3) is 2.72. The van der Waals surface area contributed by atoms with Crippen LogP contribution < -0.4 is 0 Å². The van der Waals surface area contributed by atoms with Crippen LogP contribution in [0.3, 0.4) is 0 Å². The molecule has 1 aromatic rings. The second kappa shape index (κ2) is 4.52. The van der Waals surface area contributed by atoms with Crippen LogP contribution in [0.1, 0.15) is 38.8 Å². The molecule has 0 aliphatic heterocycles. The number of aliphatic hydroxyl groups excluding tert-OH is 1. The van der Waals surface area contributed by atoms with Crippen molar-refractivity contribution in [2.45, 2.75) is 33.1 Å². The molecule has 1 N–H and O–H groups in total. The molecular weight excluding hydrogens is 200 g/mol. The highest BCUT2D eigenvalue weighted by Crippen LogP contribution is 2.24. The number of hydrogen-bond acceptors (Lipinski definition) is 2. The Labute approximate surface area is 96.6 Å². The van der Waals surface area contributed by atoms with Crippen molar-refractivity contribution in [3.63, 3.8) is 0 Å². The van der Waals surface area contributed by atoms with Crippen molar-refractivity contribution in [1.82, 2.24) is 0 Å². The van der Waals surface area contributed by atoms with Crippen LogP contribution in [-0.2, 0) is 10.2 Å². The minimum Gasteiger partial charge on any atom is -0.507 e. The van der Waals surface area contributed by atoms with Crippen LogP contribution in [0.2, 0.25) is 0 Å². The Kier molecular flexibility index (Phi) is 3.53. The Morgan fingerprint density at radius 1 is 1.19 bits per heavy atom. The summed E-state index contributed by atoms with van der Waals surface area (Å²) in [6, 6.07) is 7.62. The molecule has 0 bridgehead atoms. The topological polar surface area (TPSA) is 37.3 Å². The van der Waals surface area contributed by atoms with Crippen LogP contribution in [0.15, 0.2) is 29.8 Å². The summed E-state index contributed by atoms with van der Waals surface area (Å²) in [4.78, 5) is 10.5. The first kappa shape index (κ1) is 12.5. The van der Waals surface area contributed by atoms with E-state index in [4.69, 9.17) is 0 Å². The number of benzene rings is 1. The first-order valence-electron chi connectivity index (χ1n) is 5.32. The Morgan fingerprint density at radius 3 is 2.06 bits per heavy atom. The van der Waals surface area contributed by atoms with E-state index >= 15 is 0 Å². The molecule has 86 valence electrons. The van der Waals surface area contributed by atoms with E-state index in [9.17, 15) is 9.90 Å². The SMILES string of the molecule is CC(C=O)=C(O)c1ccc(C(C)(C)C)cc1. The fraction of sp³-hybridized carbons (Fsp3) is 0.357. The molecule has 0 radical (unpaired) electrons. The average molecular weight is 218 g/mol. The van der Waals surface area contributed by atoms with Gasteiger partial charge in [0.25, 0.3) is 0 Å². The monoisotopic (exact) mass is 218 g/mol. The number of carbonyl (C=O) groups excluding carboxylic acids is 1. The molecule has 0 saturated carbocycles. The molecule has 0 amide bonds. The van der Waals surface area contributed by atoms with Gasteiger partial charge in [-0.25, -0.2) is 0 Å². The molecule has 2 heteroatoms. The zero-order chi connectivity index (χ0) is 12.3. The zero-order valence-corrected chi connectivity index (χ0v) is 10.2. The number of carbonyl (C=O) groups is 1. The van der Waals surface area contributed by atoms with E-state index in [1.54, 1.807) is 6.92 Å². The summed E-state index contributed by atoms with van der Waals surface area (Å²) in [6.45, 7) is 8.00. The van der Waals surface area contributed by atoms with Crippen LogP contribution in [0.25, 0.3) is 5.76 Å². The molecule has 0 aromatic heterocycles. The predicted molar refractivity (Wildman–Crippen MR) is 66.4 cm³/mol. The summed E-state index contributed by atoms with van der Waals surface area (Å²) in [6.07, 6.45) is 0.660. The van der Waals surface area contributed by atoms with Gasteiger partial charge in [0.15, 0.2) is 0 Å². The van der Waals surface area contributed by atoms with Crippen LogP contribution in [-0.4, -0.2) is 11.4 Å². The minimum atomic E-state index is 0.0514. The standard InChI is InChI=1S/C14H18O2/c1-10(9-15)13(16)11-5-7-12(8-6-11)14(2,3)4/h5-9,16H,1-4H3. The van der Waals surface area contributed by atoms with E-state index in [1.807, 2.05) is 24.3 Å². The lowest BCUT2D eigenvalue weighted by atomic mass is 9.86. The van der Waals surface area contributed by atoms with Gasteiger partial charge >= 0.3 is 0 Å². The number of aldehydes is 1. The van der Waals surface area contributed by atoms with Gasteiger partial charge in [0.05, 0.1) is 0 Å². The van der Waals surface area contributed by atoms with Crippen LogP contribution in [0.5, 0.6) is 0 Å². The molecule has 16 heavy (non-hydrogen) atoms. The summed E-state index contributed by atoms with van der Waals surface area (Å²) < 4.78 is 0. The van der Waals surface area contributed by atoms with Crippen molar-refractivity contribution in [3.05, 3.63) is 41.0 Å². The Hall–Kier alpha value is -1.57. The summed E-state index contributed by atoms with van der Waals surface area (Å²) in [5, 5.41) is 9.73. The number of hydrogen-bond donors (Lipinski definition) is 1. The maximum Gasteiger partial charge on any atom is 0.149 e. The van der Waals surface area contributed by atoms with E-state index in [1.165, 1.54) is 5.56 Å². The smallest absolute Gasteiger partial charge is 0.149 e. The Bertz CT molecular complexity index is 405. The molecule has 2 nitrogen and oxygen atoms in total. The first-order valence-corrected chi connectivity index (χ1v) is 5.32. The van der Waals surface area contributed by atoms with E-state index < -0.39 is 0 Å². The number of rotatable bonds is 2. The highest BCUT2D eigenvalue weighted by Gasteiger charge is 2.13.